The maximum absolute atomic E-state index is 6.07. The van der Waals surface area contributed by atoms with Crippen LogP contribution in [0.4, 0.5) is 5.82 Å². The SMILES string of the molecule is CC(C)(C)c1nc(Cl)cc(N2CCOCC2)n1. The van der Waals surface area contributed by atoms with Crippen LogP contribution in [0, 0.1) is 0 Å². The highest BCUT2D eigenvalue weighted by Gasteiger charge is 2.21. The first-order valence-electron chi connectivity index (χ1n) is 5.84. The van der Waals surface area contributed by atoms with Crippen molar-refractivity contribution in [3.05, 3.63) is 17.0 Å². The molecule has 2 rings (SSSR count). The minimum atomic E-state index is -0.0913. The lowest BCUT2D eigenvalue weighted by Gasteiger charge is -2.29. The Kier molecular flexibility index (Phi) is 3.54. The highest BCUT2D eigenvalue weighted by Crippen LogP contribution is 2.24. The fourth-order valence-electron chi connectivity index (χ4n) is 1.70. The minimum absolute atomic E-state index is 0.0913. The van der Waals surface area contributed by atoms with E-state index in [0.717, 1.165) is 37.9 Å². The van der Waals surface area contributed by atoms with Crippen LogP contribution in [0.5, 0.6) is 0 Å². The second kappa shape index (κ2) is 4.78. The number of aromatic nitrogens is 2. The molecule has 1 aliphatic heterocycles. The zero-order chi connectivity index (χ0) is 12.5. The summed E-state index contributed by atoms with van der Waals surface area (Å²) in [4.78, 5) is 11.1. The summed E-state index contributed by atoms with van der Waals surface area (Å²) in [6, 6.07) is 1.82. The molecule has 2 heterocycles. The molecule has 0 bridgehead atoms. The van der Waals surface area contributed by atoms with Crippen LogP contribution in [0.2, 0.25) is 5.15 Å². The molecule has 17 heavy (non-hydrogen) atoms. The van der Waals surface area contributed by atoms with Crippen molar-refractivity contribution in [2.24, 2.45) is 0 Å². The molecule has 4 nitrogen and oxygen atoms in total. The normalized spacial score (nSPS) is 17.3. The van der Waals surface area contributed by atoms with Crippen LogP contribution in [-0.2, 0) is 10.2 Å². The van der Waals surface area contributed by atoms with E-state index in [1.54, 1.807) is 0 Å². The van der Waals surface area contributed by atoms with Gasteiger partial charge in [0, 0.05) is 24.6 Å². The summed E-state index contributed by atoms with van der Waals surface area (Å²) >= 11 is 6.07. The lowest BCUT2D eigenvalue weighted by Crippen LogP contribution is -2.37. The number of anilines is 1. The lowest BCUT2D eigenvalue weighted by atomic mass is 9.96. The van der Waals surface area contributed by atoms with E-state index in [1.165, 1.54) is 0 Å². The van der Waals surface area contributed by atoms with Crippen molar-refractivity contribution in [2.75, 3.05) is 31.2 Å². The average molecular weight is 256 g/mol. The summed E-state index contributed by atoms with van der Waals surface area (Å²) in [5.41, 5.74) is -0.0913. The van der Waals surface area contributed by atoms with Gasteiger partial charge < -0.3 is 9.64 Å². The van der Waals surface area contributed by atoms with E-state index in [9.17, 15) is 0 Å². The summed E-state index contributed by atoms with van der Waals surface area (Å²) in [7, 11) is 0. The van der Waals surface area contributed by atoms with Gasteiger partial charge in [0.15, 0.2) is 0 Å². The smallest absolute Gasteiger partial charge is 0.137 e. The Hall–Kier alpha value is -0.870. The summed E-state index contributed by atoms with van der Waals surface area (Å²) in [6.07, 6.45) is 0. The zero-order valence-corrected chi connectivity index (χ0v) is 11.3. The third kappa shape index (κ3) is 3.07. The van der Waals surface area contributed by atoms with Crippen LogP contribution in [-0.4, -0.2) is 36.3 Å². The number of rotatable bonds is 1. The van der Waals surface area contributed by atoms with Crippen LogP contribution in [0.25, 0.3) is 0 Å². The van der Waals surface area contributed by atoms with Crippen LogP contribution >= 0.6 is 11.6 Å². The minimum Gasteiger partial charge on any atom is -0.378 e. The molecule has 0 aromatic carbocycles. The molecule has 0 N–H and O–H groups in total. The van der Waals surface area contributed by atoms with E-state index in [1.807, 2.05) is 6.07 Å². The highest BCUT2D eigenvalue weighted by atomic mass is 35.5. The molecule has 0 amide bonds. The molecule has 0 atom stereocenters. The number of ether oxygens (including phenoxy) is 1. The molecular formula is C12H18ClN3O. The standard InChI is InChI=1S/C12H18ClN3O/c1-12(2,3)11-14-9(13)8-10(15-11)16-4-6-17-7-5-16/h8H,4-7H2,1-3H3. The van der Waals surface area contributed by atoms with Crippen molar-refractivity contribution in [3.63, 3.8) is 0 Å². The first kappa shape index (κ1) is 12.6. The Labute approximate surface area is 107 Å². The quantitative estimate of drug-likeness (QED) is 0.722. The monoisotopic (exact) mass is 255 g/mol. The van der Waals surface area contributed by atoms with E-state index in [4.69, 9.17) is 16.3 Å². The molecule has 0 unspecified atom stereocenters. The van der Waals surface area contributed by atoms with Crippen molar-refractivity contribution in [1.82, 2.24) is 9.97 Å². The Bertz CT molecular complexity index is 397. The van der Waals surface area contributed by atoms with E-state index in [0.29, 0.717) is 5.15 Å². The van der Waals surface area contributed by atoms with Gasteiger partial charge in [-0.1, -0.05) is 32.4 Å². The molecule has 1 saturated heterocycles. The lowest BCUT2D eigenvalue weighted by molar-refractivity contribution is 0.122. The third-order valence-electron chi connectivity index (χ3n) is 2.69. The summed E-state index contributed by atoms with van der Waals surface area (Å²) in [5, 5.41) is 0.506. The molecule has 0 aliphatic carbocycles. The van der Waals surface area contributed by atoms with Crippen LogP contribution in [0.1, 0.15) is 26.6 Å². The molecule has 94 valence electrons. The molecular weight excluding hydrogens is 238 g/mol. The molecule has 0 saturated carbocycles. The van der Waals surface area contributed by atoms with Crippen molar-refractivity contribution in [2.45, 2.75) is 26.2 Å². The van der Waals surface area contributed by atoms with Gasteiger partial charge in [0.05, 0.1) is 13.2 Å². The largest absolute Gasteiger partial charge is 0.378 e. The van der Waals surface area contributed by atoms with Crippen molar-refractivity contribution >= 4 is 17.4 Å². The summed E-state index contributed by atoms with van der Waals surface area (Å²) in [5.74, 6) is 1.68. The van der Waals surface area contributed by atoms with E-state index in [2.05, 4.69) is 35.6 Å². The fourth-order valence-corrected chi connectivity index (χ4v) is 1.87. The molecule has 1 fully saturated rings. The Morgan fingerprint density at radius 1 is 1.24 bits per heavy atom. The van der Waals surface area contributed by atoms with Crippen LogP contribution in [0.15, 0.2) is 6.07 Å². The van der Waals surface area contributed by atoms with E-state index >= 15 is 0 Å². The van der Waals surface area contributed by atoms with E-state index in [-0.39, 0.29) is 5.41 Å². The molecule has 1 aromatic rings. The Balaban J connectivity index is 2.31. The Morgan fingerprint density at radius 2 is 1.88 bits per heavy atom. The maximum atomic E-state index is 6.07. The van der Waals surface area contributed by atoms with Gasteiger partial charge in [-0.25, -0.2) is 9.97 Å². The maximum Gasteiger partial charge on any atom is 0.137 e. The third-order valence-corrected chi connectivity index (χ3v) is 2.88. The summed E-state index contributed by atoms with van der Waals surface area (Å²) in [6.45, 7) is 9.46. The number of morpholine rings is 1. The predicted molar refractivity (Wildman–Crippen MR) is 68.8 cm³/mol. The first-order chi connectivity index (χ1) is 7.97. The topological polar surface area (TPSA) is 38.2 Å². The molecule has 0 radical (unpaired) electrons. The van der Waals surface area contributed by atoms with Crippen molar-refractivity contribution in [3.8, 4) is 0 Å². The van der Waals surface area contributed by atoms with Gasteiger partial charge in [-0.3, -0.25) is 0 Å². The number of hydrogen-bond acceptors (Lipinski definition) is 4. The summed E-state index contributed by atoms with van der Waals surface area (Å²) < 4.78 is 5.33. The average Bonchev–Trinajstić information content (AvgIpc) is 2.28. The second-order valence-corrected chi connectivity index (χ2v) is 5.61. The Morgan fingerprint density at radius 3 is 2.47 bits per heavy atom. The molecule has 1 aromatic heterocycles. The predicted octanol–water partition coefficient (Wildman–Crippen LogP) is 2.26. The molecule has 1 aliphatic rings. The number of hydrogen-bond donors (Lipinski definition) is 0. The highest BCUT2D eigenvalue weighted by molar-refractivity contribution is 6.29. The van der Waals surface area contributed by atoms with Gasteiger partial charge in [-0.15, -0.1) is 0 Å². The van der Waals surface area contributed by atoms with Crippen molar-refractivity contribution in [1.29, 1.82) is 0 Å². The van der Waals surface area contributed by atoms with Gasteiger partial charge in [0.2, 0.25) is 0 Å². The zero-order valence-electron chi connectivity index (χ0n) is 10.5. The van der Waals surface area contributed by atoms with Crippen molar-refractivity contribution < 1.29 is 4.74 Å². The molecule has 0 spiro atoms. The fraction of sp³-hybridized carbons (Fsp3) is 0.667. The first-order valence-corrected chi connectivity index (χ1v) is 6.22. The number of halogens is 1. The van der Waals surface area contributed by atoms with Gasteiger partial charge in [-0.05, 0) is 0 Å². The van der Waals surface area contributed by atoms with Gasteiger partial charge >= 0.3 is 0 Å². The van der Waals surface area contributed by atoms with Gasteiger partial charge in [0.25, 0.3) is 0 Å². The van der Waals surface area contributed by atoms with E-state index < -0.39 is 0 Å². The van der Waals surface area contributed by atoms with Crippen LogP contribution in [0.3, 0.4) is 0 Å². The van der Waals surface area contributed by atoms with Crippen LogP contribution < -0.4 is 4.90 Å². The second-order valence-electron chi connectivity index (χ2n) is 5.22. The van der Waals surface area contributed by atoms with Gasteiger partial charge in [-0.2, -0.15) is 0 Å². The van der Waals surface area contributed by atoms with Gasteiger partial charge in [0.1, 0.15) is 16.8 Å². The molecule has 5 heteroatoms. The number of nitrogens with zero attached hydrogens (tertiary/aromatic N) is 3.